The molecule has 3 rings (SSSR count). The molecule has 0 radical (unpaired) electrons. The first-order chi connectivity index (χ1) is 9.30. The van der Waals surface area contributed by atoms with Crippen LogP contribution in [0.15, 0.2) is 12.3 Å². The maximum absolute atomic E-state index is 14.2. The van der Waals surface area contributed by atoms with Gasteiger partial charge in [0.25, 0.3) is 0 Å². The molecule has 20 heavy (non-hydrogen) atoms. The van der Waals surface area contributed by atoms with Crippen LogP contribution in [0.25, 0.3) is 0 Å². The van der Waals surface area contributed by atoms with E-state index in [1.165, 1.54) is 12.5 Å². The summed E-state index contributed by atoms with van der Waals surface area (Å²) in [5.41, 5.74) is 0.419. The number of hydrogen-bond acceptors (Lipinski definition) is 3. The van der Waals surface area contributed by atoms with Crippen LogP contribution < -0.4 is 5.46 Å². The third-order valence-corrected chi connectivity index (χ3v) is 4.91. The number of halogens is 1. The molecule has 5 heteroatoms. The zero-order valence-electron chi connectivity index (χ0n) is 12.6. The monoisotopic (exact) mass is 277 g/mol. The van der Waals surface area contributed by atoms with E-state index in [0.717, 1.165) is 12.8 Å². The summed E-state index contributed by atoms with van der Waals surface area (Å²) in [5.74, 6) is 0.0595. The molecule has 0 unspecified atom stereocenters. The van der Waals surface area contributed by atoms with Gasteiger partial charge in [-0.05, 0) is 46.6 Å². The first kappa shape index (κ1) is 14.0. The van der Waals surface area contributed by atoms with E-state index in [1.807, 2.05) is 27.7 Å². The third-order valence-electron chi connectivity index (χ3n) is 4.91. The molecule has 1 saturated carbocycles. The Morgan fingerprint density at radius 2 is 1.80 bits per heavy atom. The fourth-order valence-corrected chi connectivity index (χ4v) is 2.55. The predicted molar refractivity (Wildman–Crippen MR) is 76.5 cm³/mol. The van der Waals surface area contributed by atoms with Crippen LogP contribution in [0.2, 0.25) is 0 Å². The van der Waals surface area contributed by atoms with Crippen molar-refractivity contribution < 1.29 is 13.7 Å². The molecular weight excluding hydrogens is 256 g/mol. The van der Waals surface area contributed by atoms with Crippen LogP contribution in [0, 0.1) is 5.82 Å². The number of nitrogens with zero attached hydrogens (tertiary/aromatic N) is 1. The molecule has 3 nitrogen and oxygen atoms in total. The molecule has 1 saturated heterocycles. The van der Waals surface area contributed by atoms with E-state index in [1.54, 1.807) is 6.20 Å². The highest BCUT2D eigenvalue weighted by Crippen LogP contribution is 2.38. The lowest BCUT2D eigenvalue weighted by Crippen LogP contribution is -2.41. The highest BCUT2D eigenvalue weighted by Gasteiger charge is 2.52. The Morgan fingerprint density at radius 1 is 1.20 bits per heavy atom. The lowest BCUT2D eigenvalue weighted by atomic mass is 9.78. The fourth-order valence-electron chi connectivity index (χ4n) is 2.55. The summed E-state index contributed by atoms with van der Waals surface area (Å²) in [6.07, 6.45) is 4.95. The Morgan fingerprint density at radius 3 is 2.25 bits per heavy atom. The standard InChI is InChI=1S/C15H21BFNO2/c1-14(2)15(3,4)20-16(19-14)11-8-12(17)13(18-9-11)10-6-5-7-10/h8-10H,5-7H2,1-4H3. The SMILES string of the molecule is CC1(C)OB(c2cnc(C3CCC3)c(F)c2)OC1(C)C. The molecule has 0 aromatic carbocycles. The summed E-state index contributed by atoms with van der Waals surface area (Å²) in [4.78, 5) is 4.31. The van der Waals surface area contributed by atoms with Gasteiger partial charge < -0.3 is 9.31 Å². The average molecular weight is 277 g/mol. The molecule has 1 aromatic rings. The van der Waals surface area contributed by atoms with E-state index >= 15 is 0 Å². The van der Waals surface area contributed by atoms with Gasteiger partial charge >= 0.3 is 7.12 Å². The van der Waals surface area contributed by atoms with E-state index in [0.29, 0.717) is 17.1 Å². The Labute approximate surface area is 120 Å². The van der Waals surface area contributed by atoms with Gasteiger partial charge in [0.05, 0.1) is 16.9 Å². The minimum absolute atomic E-state index is 0.234. The molecule has 1 aliphatic carbocycles. The number of rotatable bonds is 2. The second-order valence-corrected chi connectivity index (χ2v) is 6.85. The minimum Gasteiger partial charge on any atom is -0.399 e. The molecule has 0 spiro atoms. The van der Waals surface area contributed by atoms with Gasteiger partial charge in [-0.3, -0.25) is 4.98 Å². The summed E-state index contributed by atoms with van der Waals surface area (Å²) in [6.45, 7) is 7.94. The Bertz CT molecular complexity index is 513. The lowest BCUT2D eigenvalue weighted by molar-refractivity contribution is 0.00578. The van der Waals surface area contributed by atoms with Gasteiger partial charge in [-0.2, -0.15) is 0 Å². The van der Waals surface area contributed by atoms with E-state index in [2.05, 4.69) is 4.98 Å². The van der Waals surface area contributed by atoms with Gasteiger partial charge in [-0.15, -0.1) is 0 Å². The van der Waals surface area contributed by atoms with Crippen LogP contribution in [-0.2, 0) is 9.31 Å². The molecule has 2 fully saturated rings. The van der Waals surface area contributed by atoms with Crippen LogP contribution >= 0.6 is 0 Å². The van der Waals surface area contributed by atoms with Crippen molar-refractivity contribution in [3.8, 4) is 0 Å². The fraction of sp³-hybridized carbons (Fsp3) is 0.667. The summed E-state index contributed by atoms with van der Waals surface area (Å²) in [6, 6.07) is 1.52. The van der Waals surface area contributed by atoms with E-state index in [9.17, 15) is 4.39 Å². The second kappa shape index (κ2) is 4.53. The van der Waals surface area contributed by atoms with Crippen molar-refractivity contribution in [1.29, 1.82) is 0 Å². The van der Waals surface area contributed by atoms with Gasteiger partial charge in [0.2, 0.25) is 0 Å². The van der Waals surface area contributed by atoms with Crippen molar-refractivity contribution in [1.82, 2.24) is 4.98 Å². The maximum Gasteiger partial charge on any atom is 0.496 e. The zero-order valence-corrected chi connectivity index (χ0v) is 12.6. The van der Waals surface area contributed by atoms with E-state index in [4.69, 9.17) is 9.31 Å². The van der Waals surface area contributed by atoms with Gasteiger partial charge in [0.1, 0.15) is 5.82 Å². The number of aromatic nitrogens is 1. The molecule has 1 aliphatic heterocycles. The summed E-state index contributed by atoms with van der Waals surface area (Å²) < 4.78 is 26.0. The van der Waals surface area contributed by atoms with Crippen LogP contribution in [-0.4, -0.2) is 23.3 Å². The summed E-state index contributed by atoms with van der Waals surface area (Å²) >= 11 is 0. The Balaban J connectivity index is 1.83. The first-order valence-electron chi connectivity index (χ1n) is 7.31. The normalized spacial score (nSPS) is 24.8. The number of pyridine rings is 1. The Kier molecular flexibility index (Phi) is 3.18. The summed E-state index contributed by atoms with van der Waals surface area (Å²) in [5, 5.41) is 0. The highest BCUT2D eigenvalue weighted by atomic mass is 19.1. The largest absolute Gasteiger partial charge is 0.496 e. The topological polar surface area (TPSA) is 31.4 Å². The van der Waals surface area contributed by atoms with Crippen LogP contribution in [0.4, 0.5) is 4.39 Å². The molecule has 0 N–H and O–H groups in total. The Hall–Kier alpha value is -0.935. The lowest BCUT2D eigenvalue weighted by Gasteiger charge is -2.32. The first-order valence-corrected chi connectivity index (χ1v) is 7.31. The van der Waals surface area contributed by atoms with Crippen molar-refractivity contribution >= 4 is 12.6 Å². The quantitative estimate of drug-likeness (QED) is 0.779. The third kappa shape index (κ3) is 2.17. The van der Waals surface area contributed by atoms with Crippen molar-refractivity contribution in [2.45, 2.75) is 64.1 Å². The van der Waals surface area contributed by atoms with Crippen LogP contribution in [0.3, 0.4) is 0 Å². The molecule has 2 heterocycles. The summed E-state index contributed by atoms with van der Waals surface area (Å²) in [7, 11) is -0.544. The maximum atomic E-state index is 14.2. The van der Waals surface area contributed by atoms with Crippen LogP contribution in [0.5, 0.6) is 0 Å². The molecule has 0 amide bonds. The smallest absolute Gasteiger partial charge is 0.399 e. The molecule has 108 valence electrons. The highest BCUT2D eigenvalue weighted by molar-refractivity contribution is 6.62. The average Bonchev–Trinajstić information content (AvgIpc) is 2.48. The second-order valence-electron chi connectivity index (χ2n) is 6.85. The van der Waals surface area contributed by atoms with E-state index in [-0.39, 0.29) is 5.82 Å². The molecular formula is C15H21BFNO2. The van der Waals surface area contributed by atoms with Crippen LogP contribution in [0.1, 0.15) is 58.6 Å². The van der Waals surface area contributed by atoms with Crippen molar-refractivity contribution in [2.24, 2.45) is 0 Å². The van der Waals surface area contributed by atoms with Gasteiger partial charge in [0.15, 0.2) is 0 Å². The van der Waals surface area contributed by atoms with Crippen molar-refractivity contribution in [3.63, 3.8) is 0 Å². The van der Waals surface area contributed by atoms with Gasteiger partial charge in [-0.1, -0.05) is 6.42 Å². The molecule has 2 aliphatic rings. The molecule has 0 bridgehead atoms. The number of hydrogen-bond donors (Lipinski definition) is 0. The van der Waals surface area contributed by atoms with Gasteiger partial charge in [0, 0.05) is 17.6 Å². The van der Waals surface area contributed by atoms with Crippen molar-refractivity contribution in [3.05, 3.63) is 23.8 Å². The van der Waals surface area contributed by atoms with E-state index < -0.39 is 18.3 Å². The molecule has 1 aromatic heterocycles. The molecule has 0 atom stereocenters. The van der Waals surface area contributed by atoms with Crippen molar-refractivity contribution in [2.75, 3.05) is 0 Å². The predicted octanol–water partition coefficient (Wildman–Crippen LogP) is 2.79. The zero-order chi connectivity index (χ0) is 14.5. The van der Waals surface area contributed by atoms with Gasteiger partial charge in [-0.25, -0.2) is 4.39 Å². The minimum atomic E-state index is -0.544.